The van der Waals surface area contributed by atoms with Crippen molar-refractivity contribution in [2.45, 2.75) is 5.41 Å². The molecular formula is C58H36N4. The summed E-state index contributed by atoms with van der Waals surface area (Å²) in [7, 11) is 0. The van der Waals surface area contributed by atoms with Gasteiger partial charge in [-0.3, -0.25) is 4.57 Å². The van der Waals surface area contributed by atoms with Crippen molar-refractivity contribution in [1.82, 2.24) is 19.5 Å². The Balaban J connectivity index is 0.997. The van der Waals surface area contributed by atoms with Gasteiger partial charge in [0.05, 0.1) is 16.4 Å². The molecule has 0 atom stereocenters. The molecule has 2 heterocycles. The molecule has 11 aromatic rings. The molecule has 0 fully saturated rings. The summed E-state index contributed by atoms with van der Waals surface area (Å²) >= 11 is 0. The van der Waals surface area contributed by atoms with Crippen LogP contribution in [0.5, 0.6) is 0 Å². The third-order valence-corrected chi connectivity index (χ3v) is 13.1. The predicted molar refractivity (Wildman–Crippen MR) is 252 cm³/mol. The molecule has 288 valence electrons. The van der Waals surface area contributed by atoms with Crippen molar-refractivity contribution in [2.24, 2.45) is 0 Å². The van der Waals surface area contributed by atoms with E-state index in [9.17, 15) is 0 Å². The van der Waals surface area contributed by atoms with Gasteiger partial charge in [0, 0.05) is 21.9 Å². The molecule has 13 rings (SSSR count). The fourth-order valence-electron chi connectivity index (χ4n) is 10.4. The Hall–Kier alpha value is -8.21. The average molecular weight is 789 g/mol. The van der Waals surface area contributed by atoms with Crippen LogP contribution in [0.4, 0.5) is 0 Å². The minimum Gasteiger partial charge on any atom is -0.278 e. The van der Waals surface area contributed by atoms with Crippen LogP contribution >= 0.6 is 0 Å². The van der Waals surface area contributed by atoms with Crippen LogP contribution in [0, 0.1) is 0 Å². The lowest BCUT2D eigenvalue weighted by Crippen LogP contribution is -2.25. The highest BCUT2D eigenvalue weighted by molar-refractivity contribution is 6.10. The molecule has 1 spiro atoms. The van der Waals surface area contributed by atoms with Gasteiger partial charge in [-0.25, -0.2) is 4.98 Å². The summed E-state index contributed by atoms with van der Waals surface area (Å²) in [5.41, 5.74) is 18.7. The van der Waals surface area contributed by atoms with Gasteiger partial charge < -0.3 is 0 Å². The molecule has 4 heteroatoms. The minimum absolute atomic E-state index is 0.372. The normalized spacial score (nSPS) is 13.0. The number of rotatable bonds is 5. The first kappa shape index (κ1) is 34.6. The number of hydrogen-bond donors (Lipinski definition) is 0. The van der Waals surface area contributed by atoms with Crippen LogP contribution in [-0.2, 0) is 5.41 Å². The maximum atomic E-state index is 5.27. The molecule has 0 N–H and O–H groups in total. The third-order valence-electron chi connectivity index (χ3n) is 13.1. The number of fused-ring (bicyclic) bond motifs is 13. The van der Waals surface area contributed by atoms with Gasteiger partial charge in [-0.1, -0.05) is 200 Å². The van der Waals surface area contributed by atoms with E-state index in [1.807, 2.05) is 24.3 Å². The second-order valence-electron chi connectivity index (χ2n) is 16.3. The molecule has 9 aromatic carbocycles. The van der Waals surface area contributed by atoms with E-state index in [-0.39, 0.29) is 5.41 Å². The molecule has 0 saturated heterocycles. The van der Waals surface area contributed by atoms with Crippen LogP contribution in [0.2, 0.25) is 0 Å². The van der Waals surface area contributed by atoms with Gasteiger partial charge in [-0.05, 0) is 85.0 Å². The Kier molecular flexibility index (Phi) is 7.49. The molecule has 0 amide bonds. The molecule has 2 aliphatic rings. The van der Waals surface area contributed by atoms with E-state index in [0.717, 1.165) is 49.6 Å². The summed E-state index contributed by atoms with van der Waals surface area (Å²) < 4.78 is 2.22. The first-order chi connectivity index (χ1) is 30.7. The molecule has 2 aromatic heterocycles. The maximum Gasteiger partial charge on any atom is 0.238 e. The number of aromatic nitrogens is 4. The Morgan fingerprint density at radius 2 is 0.726 bits per heavy atom. The van der Waals surface area contributed by atoms with E-state index >= 15 is 0 Å². The quantitative estimate of drug-likeness (QED) is 0.174. The van der Waals surface area contributed by atoms with Crippen LogP contribution in [0.3, 0.4) is 0 Å². The Bertz CT molecular complexity index is 3520. The highest BCUT2D eigenvalue weighted by Gasteiger charge is 2.51. The van der Waals surface area contributed by atoms with Gasteiger partial charge in [-0.15, -0.1) is 0 Å². The van der Waals surface area contributed by atoms with Gasteiger partial charge >= 0.3 is 0 Å². The summed E-state index contributed by atoms with van der Waals surface area (Å²) in [6.07, 6.45) is 0. The summed E-state index contributed by atoms with van der Waals surface area (Å²) in [6.45, 7) is 0. The molecule has 4 nitrogen and oxygen atoms in total. The Labute approximate surface area is 359 Å². The van der Waals surface area contributed by atoms with Gasteiger partial charge in [0.25, 0.3) is 0 Å². The Morgan fingerprint density at radius 3 is 1.39 bits per heavy atom. The van der Waals surface area contributed by atoms with Crippen LogP contribution in [0.25, 0.3) is 95.0 Å². The van der Waals surface area contributed by atoms with Crippen molar-refractivity contribution < 1.29 is 0 Å². The van der Waals surface area contributed by atoms with Gasteiger partial charge in [0.1, 0.15) is 0 Å². The van der Waals surface area contributed by atoms with Crippen molar-refractivity contribution in [2.75, 3.05) is 0 Å². The van der Waals surface area contributed by atoms with Gasteiger partial charge in [0.2, 0.25) is 5.95 Å². The van der Waals surface area contributed by atoms with E-state index in [1.165, 1.54) is 50.1 Å². The number of nitrogens with zero attached hydrogens (tertiary/aromatic N) is 4. The molecule has 0 radical (unpaired) electrons. The van der Waals surface area contributed by atoms with Crippen molar-refractivity contribution in [3.05, 3.63) is 241 Å². The monoisotopic (exact) mass is 788 g/mol. The van der Waals surface area contributed by atoms with Crippen LogP contribution in [-0.4, -0.2) is 19.5 Å². The molecule has 0 aliphatic heterocycles. The lowest BCUT2D eigenvalue weighted by Gasteiger charge is -2.30. The van der Waals surface area contributed by atoms with E-state index in [4.69, 9.17) is 15.0 Å². The zero-order valence-electron chi connectivity index (χ0n) is 33.6. The minimum atomic E-state index is -0.372. The standard InChI is InChI=1S/C58H36N4/c1-3-15-37(16-4-1)38-27-29-40(30-28-38)56-59-55(39-17-5-2-6-18-39)60-57(61-56)62-53-26-14-10-22-46(53)47-33-31-42(36-54(47)62)41-32-34-52-48(35-41)45-21-9-13-25-51(45)58(52)49-23-11-7-19-43(49)44-20-8-12-24-50(44)58/h1-36H. The lowest BCUT2D eigenvalue weighted by atomic mass is 9.70. The van der Waals surface area contributed by atoms with Gasteiger partial charge in [-0.2, -0.15) is 9.97 Å². The van der Waals surface area contributed by atoms with Crippen molar-refractivity contribution in [1.29, 1.82) is 0 Å². The van der Waals surface area contributed by atoms with Crippen molar-refractivity contribution in [3.8, 4) is 73.2 Å². The fourth-order valence-corrected chi connectivity index (χ4v) is 10.4. The average Bonchev–Trinajstić information content (AvgIpc) is 3.96. The predicted octanol–water partition coefficient (Wildman–Crippen LogP) is 14.0. The summed E-state index contributed by atoms with van der Waals surface area (Å²) in [5.74, 6) is 1.82. The number of para-hydroxylation sites is 1. The number of benzene rings is 9. The smallest absolute Gasteiger partial charge is 0.238 e. The molecule has 0 unspecified atom stereocenters. The molecule has 0 saturated carbocycles. The zero-order chi connectivity index (χ0) is 40.8. The Morgan fingerprint density at radius 1 is 0.290 bits per heavy atom. The topological polar surface area (TPSA) is 43.6 Å². The summed E-state index contributed by atoms with van der Waals surface area (Å²) in [4.78, 5) is 15.6. The maximum absolute atomic E-state index is 5.27. The third kappa shape index (κ3) is 4.98. The first-order valence-corrected chi connectivity index (χ1v) is 21.2. The second kappa shape index (κ2) is 13.4. The SMILES string of the molecule is c1ccc(-c2ccc(-c3nc(-c4ccccc4)nc(-n4c5ccccc5c5ccc(-c6ccc7c(c6)-c6ccccc6C76c7ccccc7-c7ccccc76)cc54)n3)cc2)cc1. The molecule has 0 bridgehead atoms. The van der Waals surface area contributed by atoms with Crippen LogP contribution in [0.1, 0.15) is 22.3 Å². The van der Waals surface area contributed by atoms with E-state index in [1.54, 1.807) is 0 Å². The highest BCUT2D eigenvalue weighted by Crippen LogP contribution is 2.63. The summed E-state index contributed by atoms with van der Waals surface area (Å²) in [5, 5.41) is 2.29. The number of hydrogen-bond acceptors (Lipinski definition) is 3. The van der Waals surface area contributed by atoms with E-state index < -0.39 is 0 Å². The largest absolute Gasteiger partial charge is 0.278 e. The van der Waals surface area contributed by atoms with Crippen molar-refractivity contribution in [3.63, 3.8) is 0 Å². The van der Waals surface area contributed by atoms with Crippen LogP contribution in [0.15, 0.2) is 218 Å². The van der Waals surface area contributed by atoms with E-state index in [0.29, 0.717) is 17.6 Å². The lowest BCUT2D eigenvalue weighted by molar-refractivity contribution is 0.794. The first-order valence-electron chi connectivity index (χ1n) is 21.2. The molecule has 62 heavy (non-hydrogen) atoms. The van der Waals surface area contributed by atoms with Gasteiger partial charge in [0.15, 0.2) is 11.6 Å². The fraction of sp³-hybridized carbons (Fsp3) is 0.0172. The molecule has 2 aliphatic carbocycles. The second-order valence-corrected chi connectivity index (χ2v) is 16.3. The highest BCUT2D eigenvalue weighted by atomic mass is 15.2. The van der Waals surface area contributed by atoms with E-state index in [2.05, 4.69) is 199 Å². The zero-order valence-corrected chi connectivity index (χ0v) is 33.6. The van der Waals surface area contributed by atoms with Crippen LogP contribution < -0.4 is 0 Å². The van der Waals surface area contributed by atoms with Crippen molar-refractivity contribution >= 4 is 21.8 Å². The summed E-state index contributed by atoms with van der Waals surface area (Å²) in [6, 6.07) is 78.6. The molecular weight excluding hydrogens is 753 g/mol.